The van der Waals surface area contributed by atoms with Crippen LogP contribution in [-0.2, 0) is 0 Å². The molecule has 0 spiro atoms. The van der Waals surface area contributed by atoms with E-state index in [2.05, 4.69) is 20.7 Å². The Morgan fingerprint density at radius 1 is 1.29 bits per heavy atom. The molecule has 3 aromatic rings. The Kier molecular flexibility index (Phi) is 4.49. The predicted octanol–water partition coefficient (Wildman–Crippen LogP) is 2.36. The van der Waals surface area contributed by atoms with E-state index in [0.29, 0.717) is 21.6 Å². The van der Waals surface area contributed by atoms with Crippen LogP contribution in [0.25, 0.3) is 10.9 Å². The van der Waals surface area contributed by atoms with Gasteiger partial charge in [-0.05, 0) is 24.5 Å². The molecule has 0 saturated carbocycles. The van der Waals surface area contributed by atoms with Crippen LogP contribution in [0.15, 0.2) is 27.1 Å². The average molecular weight is 363 g/mol. The third kappa shape index (κ3) is 3.10. The fraction of sp³-hybridized carbons (Fsp3) is 0.214. The Bertz CT molecular complexity index is 918. The smallest absolute Gasteiger partial charge is 0.296 e. The molecule has 10 heteroatoms. The van der Waals surface area contributed by atoms with E-state index in [1.165, 1.54) is 28.0 Å². The van der Waals surface area contributed by atoms with Gasteiger partial charge in [0.15, 0.2) is 4.34 Å². The van der Waals surface area contributed by atoms with Crippen molar-refractivity contribution in [3.05, 3.63) is 29.5 Å². The molecule has 1 N–H and O–H groups in total. The fourth-order valence-corrected chi connectivity index (χ4v) is 3.16. The topological polar surface area (TPSA) is 101 Å². The van der Waals surface area contributed by atoms with Crippen molar-refractivity contribution in [2.75, 3.05) is 25.7 Å². The fourth-order valence-electron chi connectivity index (χ4n) is 1.99. The molecule has 24 heavy (non-hydrogen) atoms. The van der Waals surface area contributed by atoms with Crippen LogP contribution >= 0.6 is 23.1 Å². The number of carbonyl (C=O) groups is 2. The second-order valence-electron chi connectivity index (χ2n) is 4.97. The summed E-state index contributed by atoms with van der Waals surface area (Å²) in [4.78, 5) is 25.8. The zero-order valence-corrected chi connectivity index (χ0v) is 14.7. The number of rotatable bonds is 4. The van der Waals surface area contributed by atoms with Gasteiger partial charge < -0.3 is 9.42 Å². The van der Waals surface area contributed by atoms with Crippen molar-refractivity contribution in [2.45, 2.75) is 4.34 Å². The lowest BCUT2D eigenvalue weighted by Crippen LogP contribution is -2.21. The first-order valence-corrected chi connectivity index (χ1v) is 8.83. The van der Waals surface area contributed by atoms with Crippen LogP contribution in [-0.4, -0.2) is 52.4 Å². The molecule has 2 heterocycles. The third-order valence-corrected chi connectivity index (χ3v) is 4.95. The molecule has 124 valence electrons. The zero-order valence-electron chi connectivity index (χ0n) is 13.1. The Morgan fingerprint density at radius 3 is 2.75 bits per heavy atom. The number of nitrogens with one attached hydrogen (secondary N) is 1. The maximum atomic E-state index is 12.3. The van der Waals surface area contributed by atoms with Gasteiger partial charge in [0.2, 0.25) is 10.9 Å². The van der Waals surface area contributed by atoms with Crippen LogP contribution in [0.4, 0.5) is 5.13 Å². The lowest BCUT2D eigenvalue weighted by molar-refractivity contribution is 0.0827. The van der Waals surface area contributed by atoms with Crippen LogP contribution in [0.2, 0.25) is 0 Å². The largest absolute Gasteiger partial charge is 0.350 e. The van der Waals surface area contributed by atoms with Gasteiger partial charge in [-0.3, -0.25) is 14.9 Å². The molecule has 8 nitrogen and oxygen atoms in total. The average Bonchev–Trinajstić information content (AvgIpc) is 3.19. The first-order chi connectivity index (χ1) is 11.5. The molecule has 0 saturated heterocycles. The number of benzene rings is 1. The molecule has 3 rings (SSSR count). The van der Waals surface area contributed by atoms with Crippen LogP contribution < -0.4 is 5.32 Å². The van der Waals surface area contributed by atoms with Crippen molar-refractivity contribution in [3.63, 3.8) is 0 Å². The summed E-state index contributed by atoms with van der Waals surface area (Å²) in [5, 5.41) is 15.2. The van der Waals surface area contributed by atoms with E-state index in [0.717, 1.165) is 4.34 Å². The van der Waals surface area contributed by atoms with Crippen LogP contribution in [0, 0.1) is 0 Å². The number of fused-ring (bicyclic) bond motifs is 1. The Balaban J connectivity index is 1.87. The van der Waals surface area contributed by atoms with E-state index in [-0.39, 0.29) is 11.7 Å². The summed E-state index contributed by atoms with van der Waals surface area (Å²) in [6.07, 6.45) is 1.88. The summed E-state index contributed by atoms with van der Waals surface area (Å²) < 4.78 is 5.89. The van der Waals surface area contributed by atoms with E-state index in [1.54, 1.807) is 32.3 Å². The van der Waals surface area contributed by atoms with Gasteiger partial charge in [-0.1, -0.05) is 28.3 Å². The van der Waals surface area contributed by atoms with Crippen molar-refractivity contribution in [2.24, 2.45) is 0 Å². The number of anilines is 1. The van der Waals surface area contributed by atoms with Gasteiger partial charge in [0, 0.05) is 19.7 Å². The second kappa shape index (κ2) is 6.57. The summed E-state index contributed by atoms with van der Waals surface area (Å²) in [5.74, 6) is -0.549. The highest BCUT2D eigenvalue weighted by Crippen LogP contribution is 2.25. The van der Waals surface area contributed by atoms with E-state index < -0.39 is 5.91 Å². The van der Waals surface area contributed by atoms with E-state index in [1.807, 2.05) is 6.26 Å². The molecule has 0 atom stereocenters. The van der Waals surface area contributed by atoms with E-state index in [9.17, 15) is 9.59 Å². The van der Waals surface area contributed by atoms with Crippen molar-refractivity contribution in [3.8, 4) is 0 Å². The monoisotopic (exact) mass is 363 g/mol. The molecule has 1 aromatic carbocycles. The minimum atomic E-state index is -0.465. The molecule has 0 bridgehead atoms. The minimum absolute atomic E-state index is 0.0646. The van der Waals surface area contributed by atoms with Gasteiger partial charge in [0.1, 0.15) is 5.52 Å². The number of aromatic nitrogens is 3. The normalized spacial score (nSPS) is 10.8. The number of hydrogen-bond donors (Lipinski definition) is 1. The lowest BCUT2D eigenvalue weighted by atomic mass is 10.1. The molecule has 2 aromatic heterocycles. The SMILES string of the molecule is CSc1nnc(NC(=O)c2onc3cc(C(=O)N(C)C)ccc23)s1. The summed E-state index contributed by atoms with van der Waals surface area (Å²) in [5.41, 5.74) is 0.913. The molecule has 0 aliphatic carbocycles. The molecular weight excluding hydrogens is 350 g/mol. The Hall–Kier alpha value is -2.46. The molecule has 2 amide bonds. The minimum Gasteiger partial charge on any atom is -0.350 e. The summed E-state index contributed by atoms with van der Waals surface area (Å²) >= 11 is 2.72. The number of thioether (sulfide) groups is 1. The Labute approximate surface area is 145 Å². The molecule has 0 aliphatic heterocycles. The van der Waals surface area contributed by atoms with E-state index >= 15 is 0 Å². The maximum Gasteiger partial charge on any atom is 0.296 e. The van der Waals surface area contributed by atoms with Gasteiger partial charge in [-0.2, -0.15) is 0 Å². The van der Waals surface area contributed by atoms with Crippen LogP contribution in [0.1, 0.15) is 20.9 Å². The molecule has 0 unspecified atom stereocenters. The number of hydrogen-bond acceptors (Lipinski definition) is 8. The van der Waals surface area contributed by atoms with Gasteiger partial charge in [-0.25, -0.2) is 0 Å². The first-order valence-electron chi connectivity index (χ1n) is 6.79. The number of nitrogens with zero attached hydrogens (tertiary/aromatic N) is 4. The van der Waals surface area contributed by atoms with Gasteiger partial charge >= 0.3 is 0 Å². The lowest BCUT2D eigenvalue weighted by Gasteiger charge is -2.09. The van der Waals surface area contributed by atoms with Crippen molar-refractivity contribution < 1.29 is 14.1 Å². The van der Waals surface area contributed by atoms with E-state index in [4.69, 9.17) is 4.52 Å². The highest BCUT2D eigenvalue weighted by Gasteiger charge is 2.20. The maximum absolute atomic E-state index is 12.3. The van der Waals surface area contributed by atoms with Crippen LogP contribution in [0.3, 0.4) is 0 Å². The van der Waals surface area contributed by atoms with Gasteiger partial charge in [0.25, 0.3) is 11.8 Å². The van der Waals surface area contributed by atoms with Crippen molar-refractivity contribution >= 4 is 50.9 Å². The number of amides is 2. The van der Waals surface area contributed by atoms with Crippen LogP contribution in [0.5, 0.6) is 0 Å². The third-order valence-electron chi connectivity index (χ3n) is 3.14. The van der Waals surface area contributed by atoms with Crippen molar-refractivity contribution in [1.29, 1.82) is 0 Å². The van der Waals surface area contributed by atoms with Gasteiger partial charge in [0.05, 0.1) is 5.39 Å². The highest BCUT2D eigenvalue weighted by atomic mass is 32.2. The zero-order chi connectivity index (χ0) is 17.3. The summed E-state index contributed by atoms with van der Waals surface area (Å²) in [7, 11) is 3.33. The summed E-state index contributed by atoms with van der Waals surface area (Å²) in [6.45, 7) is 0. The standard InChI is InChI=1S/C14H13N5O3S2/c1-19(2)12(21)7-4-5-8-9(6-7)18-22-10(8)11(20)15-13-16-17-14(23-3)24-13/h4-6H,1-3H3,(H,15,16,20). The predicted molar refractivity (Wildman–Crippen MR) is 91.7 cm³/mol. The quantitative estimate of drug-likeness (QED) is 0.561. The first kappa shape index (κ1) is 16.4. The molecule has 0 radical (unpaired) electrons. The van der Waals surface area contributed by atoms with Crippen molar-refractivity contribution in [1.82, 2.24) is 20.3 Å². The Morgan fingerprint density at radius 2 is 2.08 bits per heavy atom. The highest BCUT2D eigenvalue weighted by molar-refractivity contribution is 8.00. The molecular formula is C14H13N5O3S2. The molecule has 0 aliphatic rings. The summed E-state index contributed by atoms with van der Waals surface area (Å²) in [6, 6.07) is 4.87. The van der Waals surface area contributed by atoms with Gasteiger partial charge in [-0.15, -0.1) is 10.2 Å². The second-order valence-corrected chi connectivity index (χ2v) is 7.01. The number of carbonyl (C=O) groups excluding carboxylic acids is 2. The molecule has 0 fully saturated rings.